The fourth-order valence-electron chi connectivity index (χ4n) is 5.05. The average Bonchev–Trinajstić information content (AvgIpc) is 3.83. The molecule has 4 rings (SSSR count). The molecule has 1 aliphatic heterocycles. The third-order valence-corrected chi connectivity index (χ3v) is 7.79. The number of hydrogen-bond acceptors (Lipinski definition) is 8. The van der Waals surface area contributed by atoms with Gasteiger partial charge in [0.15, 0.2) is 0 Å². The van der Waals surface area contributed by atoms with Gasteiger partial charge in [0.05, 0.1) is 18.8 Å². The van der Waals surface area contributed by atoms with Crippen LogP contribution in [0.4, 0.5) is 0 Å². The van der Waals surface area contributed by atoms with E-state index in [1.165, 1.54) is 29.9 Å². The van der Waals surface area contributed by atoms with Gasteiger partial charge in [-0.1, -0.05) is 111 Å². The molecule has 1 saturated heterocycles. The van der Waals surface area contributed by atoms with Crippen molar-refractivity contribution >= 4 is 35.3 Å². The maximum Gasteiger partial charge on any atom is 0.289 e. The number of carbonyl (C=O) groups excluding carboxylic acids is 6. The van der Waals surface area contributed by atoms with Crippen LogP contribution in [-0.2, 0) is 24.0 Å². The number of aromatic nitrogens is 2. The van der Waals surface area contributed by atoms with Crippen molar-refractivity contribution in [1.82, 2.24) is 36.1 Å². The summed E-state index contributed by atoms with van der Waals surface area (Å²) in [7, 11) is 0. The van der Waals surface area contributed by atoms with Crippen molar-refractivity contribution < 1.29 is 28.8 Å². The summed E-state index contributed by atoms with van der Waals surface area (Å²) in [4.78, 5) is 86.4. The summed E-state index contributed by atoms with van der Waals surface area (Å²) in [5, 5.41) is 10.5. The van der Waals surface area contributed by atoms with E-state index in [2.05, 4.69) is 45.1 Å². The molecule has 1 saturated carbocycles. The fraction of sp³-hybridized carbons (Fsp3) is 0.590. The van der Waals surface area contributed by atoms with E-state index in [1.807, 2.05) is 57.2 Å². The number of benzene rings is 1. The number of carbonyl (C=O) groups is 6. The van der Waals surface area contributed by atoms with Crippen LogP contribution in [0.3, 0.4) is 0 Å². The van der Waals surface area contributed by atoms with E-state index in [1.54, 1.807) is 20.8 Å². The highest BCUT2D eigenvalue weighted by Gasteiger charge is 2.43. The van der Waals surface area contributed by atoms with E-state index in [0.29, 0.717) is 38.8 Å². The van der Waals surface area contributed by atoms with Gasteiger partial charge >= 0.3 is 0 Å². The molecule has 3 unspecified atom stereocenters. The number of likely N-dealkylation sites (tertiary alicyclic amines) is 1. The van der Waals surface area contributed by atoms with Gasteiger partial charge in [0.2, 0.25) is 23.5 Å². The molecule has 4 N–H and O–H groups in total. The number of hydrogen-bond donors (Lipinski definition) is 4. The van der Waals surface area contributed by atoms with E-state index in [4.69, 9.17) is 0 Å². The number of nitrogens with one attached hydrogen (secondary N) is 4. The van der Waals surface area contributed by atoms with Crippen LogP contribution in [0.5, 0.6) is 0 Å². The standard InChI is InChI=1S/C28H41N7O6.C6H6.C3H8.C2H6/c1-5-10-31-26(40)22(37)18(14-17-8-9-17)33-25(39)20-7-6-13-35(20)27(41)23(28(2,3)4)34-21(36)16-32-24(38)19-15-29-11-12-30-19;1-2-4-6-5-3-1;1-3-2;1-2/h11-12,15,17-18,20,23H,5-10,13-14,16H2,1-4H3,(H,31,40)(H,32,38)(H,33,39)(H,34,36);1-6H;3H2,1-2H3;1-2H3. The maximum atomic E-state index is 13.7. The van der Waals surface area contributed by atoms with Crippen LogP contribution in [0, 0.1) is 11.3 Å². The first-order valence-corrected chi connectivity index (χ1v) is 18.6. The number of rotatable bonds is 13. The normalized spacial score (nSPS) is 15.7. The van der Waals surface area contributed by atoms with E-state index < -0.39 is 58.9 Å². The Morgan fingerprint density at radius 1 is 0.865 bits per heavy atom. The van der Waals surface area contributed by atoms with Gasteiger partial charge in [-0.3, -0.25) is 33.8 Å². The van der Waals surface area contributed by atoms with Gasteiger partial charge in [-0.15, -0.1) is 0 Å². The van der Waals surface area contributed by atoms with Gasteiger partial charge < -0.3 is 26.2 Å². The highest BCUT2D eigenvalue weighted by Crippen LogP contribution is 2.34. The van der Waals surface area contributed by atoms with Crippen LogP contribution in [0.25, 0.3) is 0 Å². The molecule has 2 aromatic rings. The maximum absolute atomic E-state index is 13.7. The van der Waals surface area contributed by atoms with Gasteiger partial charge in [0, 0.05) is 25.5 Å². The van der Waals surface area contributed by atoms with Crippen molar-refractivity contribution in [1.29, 1.82) is 0 Å². The minimum absolute atomic E-state index is 0.0518. The SMILES string of the molecule is CC.CCC.CCCNC(=O)C(=O)C(CC1CC1)NC(=O)C1CCCN1C(=O)C(NC(=O)CNC(=O)c1cnccn1)C(C)(C)C.c1ccccc1. The minimum Gasteiger partial charge on any atom is -0.349 e. The predicted octanol–water partition coefficient (Wildman–Crippen LogP) is 4.24. The van der Waals surface area contributed by atoms with Gasteiger partial charge in [-0.2, -0.15) is 0 Å². The molecule has 2 fully saturated rings. The van der Waals surface area contributed by atoms with Crippen LogP contribution < -0.4 is 21.3 Å². The molecule has 1 aliphatic carbocycles. The number of ketones is 1. The summed E-state index contributed by atoms with van der Waals surface area (Å²) < 4.78 is 0. The molecule has 5 amide bonds. The summed E-state index contributed by atoms with van der Waals surface area (Å²) in [5.41, 5.74) is -0.663. The van der Waals surface area contributed by atoms with Crippen LogP contribution >= 0.6 is 0 Å². The Hall–Kier alpha value is -4.68. The summed E-state index contributed by atoms with van der Waals surface area (Å²) >= 11 is 0. The molecule has 52 heavy (non-hydrogen) atoms. The molecular weight excluding hydrogens is 662 g/mol. The molecule has 0 spiro atoms. The van der Waals surface area contributed by atoms with Crippen LogP contribution in [0.2, 0.25) is 0 Å². The molecule has 13 heteroatoms. The van der Waals surface area contributed by atoms with Crippen LogP contribution in [0.1, 0.15) is 111 Å². The van der Waals surface area contributed by atoms with E-state index >= 15 is 0 Å². The number of nitrogens with zero attached hydrogens (tertiary/aromatic N) is 3. The second-order valence-corrected chi connectivity index (χ2v) is 13.6. The molecule has 2 aliphatic rings. The summed E-state index contributed by atoms with van der Waals surface area (Å²) in [6.45, 7) is 15.8. The second kappa shape index (κ2) is 24.5. The smallest absolute Gasteiger partial charge is 0.289 e. The third kappa shape index (κ3) is 16.6. The molecule has 13 nitrogen and oxygen atoms in total. The van der Waals surface area contributed by atoms with Gasteiger partial charge in [0.25, 0.3) is 11.8 Å². The Morgan fingerprint density at radius 3 is 1.96 bits per heavy atom. The van der Waals surface area contributed by atoms with Crippen LogP contribution in [-0.4, -0.2) is 87.9 Å². The number of Topliss-reactive ketones (excluding diaryl/α,β-unsaturated/α-hetero) is 1. The number of amides is 5. The Labute approximate surface area is 309 Å². The van der Waals surface area contributed by atoms with E-state index in [0.717, 1.165) is 12.8 Å². The molecular formula is C39H61N7O6. The first kappa shape index (κ1) is 45.3. The van der Waals surface area contributed by atoms with Gasteiger partial charge in [-0.05, 0) is 37.0 Å². The molecule has 3 atom stereocenters. The third-order valence-electron chi connectivity index (χ3n) is 7.79. The quantitative estimate of drug-likeness (QED) is 0.222. The van der Waals surface area contributed by atoms with Crippen molar-refractivity contribution in [2.45, 2.75) is 118 Å². The van der Waals surface area contributed by atoms with E-state index in [-0.39, 0.29) is 18.2 Å². The van der Waals surface area contributed by atoms with E-state index in [9.17, 15) is 28.8 Å². The lowest BCUT2D eigenvalue weighted by atomic mass is 9.85. The van der Waals surface area contributed by atoms with Gasteiger partial charge in [-0.25, -0.2) is 4.98 Å². The molecule has 2 heterocycles. The Morgan fingerprint density at radius 2 is 1.46 bits per heavy atom. The Kier molecular flexibility index (Phi) is 21.4. The predicted molar refractivity (Wildman–Crippen MR) is 202 cm³/mol. The first-order chi connectivity index (χ1) is 24.8. The van der Waals surface area contributed by atoms with Crippen molar-refractivity contribution in [2.75, 3.05) is 19.6 Å². The monoisotopic (exact) mass is 723 g/mol. The molecule has 1 aromatic heterocycles. The van der Waals surface area contributed by atoms with Crippen molar-refractivity contribution in [3.63, 3.8) is 0 Å². The topological polar surface area (TPSA) is 180 Å². The molecule has 1 aromatic carbocycles. The fourth-order valence-corrected chi connectivity index (χ4v) is 5.05. The summed E-state index contributed by atoms with van der Waals surface area (Å²) in [6, 6.07) is 9.22. The van der Waals surface area contributed by atoms with Gasteiger partial charge in [0.1, 0.15) is 17.8 Å². The average molecular weight is 724 g/mol. The zero-order valence-corrected chi connectivity index (χ0v) is 32.4. The lowest BCUT2D eigenvalue weighted by molar-refractivity contribution is -0.145. The highest BCUT2D eigenvalue weighted by molar-refractivity contribution is 6.38. The van der Waals surface area contributed by atoms with Crippen molar-refractivity contribution in [3.05, 3.63) is 60.7 Å². The molecule has 0 bridgehead atoms. The lowest BCUT2D eigenvalue weighted by Gasteiger charge is -2.35. The first-order valence-electron chi connectivity index (χ1n) is 18.6. The van der Waals surface area contributed by atoms with Crippen LogP contribution in [0.15, 0.2) is 55.0 Å². The zero-order valence-electron chi connectivity index (χ0n) is 32.4. The molecule has 288 valence electrons. The molecule has 0 radical (unpaired) electrons. The minimum atomic E-state index is -0.986. The lowest BCUT2D eigenvalue weighted by Crippen LogP contribution is -2.59. The van der Waals surface area contributed by atoms with Crippen molar-refractivity contribution in [2.24, 2.45) is 11.3 Å². The highest BCUT2D eigenvalue weighted by atomic mass is 16.2. The summed E-state index contributed by atoms with van der Waals surface area (Å²) in [6.07, 6.45) is 9.20. The largest absolute Gasteiger partial charge is 0.349 e. The Balaban J connectivity index is 0.00000107. The second-order valence-electron chi connectivity index (χ2n) is 13.6. The Bertz CT molecular complexity index is 1350. The summed E-state index contributed by atoms with van der Waals surface area (Å²) in [5.74, 6) is -3.22. The van der Waals surface area contributed by atoms with Crippen molar-refractivity contribution in [3.8, 4) is 0 Å². The zero-order chi connectivity index (χ0) is 39.1.